The van der Waals surface area contributed by atoms with Gasteiger partial charge in [0, 0.05) is 21.7 Å². The van der Waals surface area contributed by atoms with Crippen LogP contribution in [0.3, 0.4) is 0 Å². The van der Waals surface area contributed by atoms with Crippen molar-refractivity contribution in [2.75, 3.05) is 0 Å². The number of aromatic amines is 1. The van der Waals surface area contributed by atoms with Crippen LogP contribution in [-0.4, -0.2) is 4.98 Å². The van der Waals surface area contributed by atoms with Gasteiger partial charge in [-0.25, -0.2) is 0 Å². The Morgan fingerprint density at radius 1 is 0.263 bits per heavy atom. The number of H-pyrrole nitrogens is 1. The van der Waals surface area contributed by atoms with Crippen LogP contribution in [0.1, 0.15) is 0 Å². The fraction of sp³-hybridized carbons (Fsp3) is 0. The largest absolute Gasteiger partial charge is 0.354 e. The summed E-state index contributed by atoms with van der Waals surface area (Å²) in [6, 6.07) is 75.9. The van der Waals surface area contributed by atoms with Gasteiger partial charge in [-0.2, -0.15) is 0 Å². The molecule has 1 nitrogen and oxygen atoms in total. The molecule has 0 atom stereocenters. The van der Waals surface area contributed by atoms with E-state index >= 15 is 0 Å². The van der Waals surface area contributed by atoms with Crippen LogP contribution >= 0.6 is 0 Å². The number of benzene rings is 11. The SMILES string of the molecule is c1cc(-c2ccc3c(c2)[nH]c2c4ccccc4c4ccccc4c32)cc(-c2c3ccccc3c(-c3cccc(-c4cccc5ccccc45)c3)c3ccccc23)c1. The molecule has 0 unspecified atom stereocenters. The highest BCUT2D eigenvalue weighted by Crippen LogP contribution is 2.46. The number of fused-ring (bicyclic) bond motifs is 11. The average Bonchev–Trinajstić information content (AvgIpc) is 3.68. The van der Waals surface area contributed by atoms with E-state index in [1.54, 1.807) is 0 Å². The van der Waals surface area contributed by atoms with Gasteiger partial charge in [0.1, 0.15) is 0 Å². The fourth-order valence-electron chi connectivity index (χ4n) is 9.65. The first-order valence-electron chi connectivity index (χ1n) is 19.8. The molecule has 0 spiro atoms. The second kappa shape index (κ2) is 12.5. The summed E-state index contributed by atoms with van der Waals surface area (Å²) in [6.07, 6.45) is 0. The first-order valence-corrected chi connectivity index (χ1v) is 19.8. The maximum Gasteiger partial charge on any atom is 0.0551 e. The van der Waals surface area contributed by atoms with Gasteiger partial charge in [0.25, 0.3) is 0 Å². The molecule has 0 aliphatic heterocycles. The molecule has 1 heterocycles. The van der Waals surface area contributed by atoms with E-state index in [9.17, 15) is 0 Å². The maximum absolute atomic E-state index is 3.86. The highest BCUT2D eigenvalue weighted by molar-refractivity contribution is 6.31. The Morgan fingerprint density at radius 3 is 1.39 bits per heavy atom. The van der Waals surface area contributed by atoms with Gasteiger partial charge in [0.15, 0.2) is 0 Å². The minimum absolute atomic E-state index is 1.15. The summed E-state index contributed by atoms with van der Waals surface area (Å²) in [5.74, 6) is 0. The van der Waals surface area contributed by atoms with Gasteiger partial charge in [0.2, 0.25) is 0 Å². The second-order valence-electron chi connectivity index (χ2n) is 15.3. The molecule has 11 aromatic carbocycles. The van der Waals surface area contributed by atoms with Crippen LogP contribution in [-0.2, 0) is 0 Å². The molecule has 0 aliphatic rings. The lowest BCUT2D eigenvalue weighted by Crippen LogP contribution is -1.91. The summed E-state index contributed by atoms with van der Waals surface area (Å²) >= 11 is 0. The van der Waals surface area contributed by atoms with Crippen LogP contribution < -0.4 is 0 Å². The fourth-order valence-corrected chi connectivity index (χ4v) is 9.65. The van der Waals surface area contributed by atoms with E-state index in [0.717, 1.165) is 5.52 Å². The molecule has 0 amide bonds. The first kappa shape index (κ1) is 31.8. The van der Waals surface area contributed by atoms with E-state index in [1.165, 1.54) is 115 Å². The summed E-state index contributed by atoms with van der Waals surface area (Å²) in [5.41, 5.74) is 12.2. The zero-order chi connectivity index (χ0) is 37.5. The van der Waals surface area contributed by atoms with E-state index in [2.05, 4.69) is 211 Å². The lowest BCUT2D eigenvalue weighted by atomic mass is 9.85. The molecule has 0 fully saturated rings. The van der Waals surface area contributed by atoms with Crippen molar-refractivity contribution in [2.24, 2.45) is 0 Å². The van der Waals surface area contributed by atoms with E-state index in [1.807, 2.05) is 0 Å². The number of rotatable bonds is 4. The smallest absolute Gasteiger partial charge is 0.0551 e. The Morgan fingerprint density at radius 2 is 0.719 bits per heavy atom. The van der Waals surface area contributed by atoms with Gasteiger partial charge < -0.3 is 4.98 Å². The maximum atomic E-state index is 3.86. The average molecular weight is 722 g/mol. The Bertz CT molecular complexity index is 3520. The molecule has 1 N–H and O–H groups in total. The van der Waals surface area contributed by atoms with Crippen LogP contribution in [0, 0.1) is 0 Å². The van der Waals surface area contributed by atoms with Crippen molar-refractivity contribution in [1.82, 2.24) is 4.98 Å². The van der Waals surface area contributed by atoms with Crippen molar-refractivity contribution in [2.45, 2.75) is 0 Å². The molecule has 0 saturated heterocycles. The summed E-state index contributed by atoms with van der Waals surface area (Å²) in [4.78, 5) is 3.86. The predicted octanol–water partition coefficient (Wildman–Crippen LogP) is 15.8. The highest BCUT2D eigenvalue weighted by atomic mass is 14.7. The molecular formula is C56H35N. The van der Waals surface area contributed by atoms with Crippen molar-refractivity contribution in [3.05, 3.63) is 206 Å². The van der Waals surface area contributed by atoms with Crippen LogP contribution in [0.15, 0.2) is 206 Å². The zero-order valence-corrected chi connectivity index (χ0v) is 31.1. The standard InChI is InChI=1S/C56H35N/c1-2-20-41-35(14-1)15-13-29-42(41)38-17-12-19-40(33-38)54-48-26-8-6-24-46(48)53(47-25-7-9-27-49(47)54)39-18-11-16-36(32-39)37-30-31-51-52(34-37)57-56-50-28-10-4-22-44(50)43-21-3-5-23-45(43)55(51)56/h1-34,57H. The van der Waals surface area contributed by atoms with Gasteiger partial charge in [-0.15, -0.1) is 0 Å². The molecule has 12 aromatic rings. The van der Waals surface area contributed by atoms with Gasteiger partial charge in [-0.05, 0) is 111 Å². The van der Waals surface area contributed by atoms with Crippen molar-refractivity contribution < 1.29 is 0 Å². The molecule has 0 aliphatic carbocycles. The van der Waals surface area contributed by atoms with Crippen LogP contribution in [0.2, 0.25) is 0 Å². The number of hydrogen-bond acceptors (Lipinski definition) is 0. The van der Waals surface area contributed by atoms with Gasteiger partial charge in [0.05, 0.1) is 5.52 Å². The van der Waals surface area contributed by atoms with Crippen molar-refractivity contribution in [3.63, 3.8) is 0 Å². The van der Waals surface area contributed by atoms with E-state index in [4.69, 9.17) is 0 Å². The van der Waals surface area contributed by atoms with Gasteiger partial charge in [-0.3, -0.25) is 0 Å². The Hall–Kier alpha value is -7.48. The summed E-state index contributed by atoms with van der Waals surface area (Å²) < 4.78 is 0. The van der Waals surface area contributed by atoms with Crippen LogP contribution in [0.4, 0.5) is 0 Å². The molecule has 0 saturated carbocycles. The third kappa shape index (κ3) is 4.89. The summed E-state index contributed by atoms with van der Waals surface area (Å²) in [5, 5.41) is 15.2. The Balaban J connectivity index is 1.03. The van der Waals surface area contributed by atoms with Crippen molar-refractivity contribution >= 4 is 75.7 Å². The molecule has 0 radical (unpaired) electrons. The van der Waals surface area contributed by atoms with Crippen molar-refractivity contribution in [3.8, 4) is 44.5 Å². The summed E-state index contributed by atoms with van der Waals surface area (Å²) in [6.45, 7) is 0. The molecule has 12 rings (SSSR count). The third-order valence-corrected chi connectivity index (χ3v) is 12.1. The molecule has 1 aromatic heterocycles. The minimum atomic E-state index is 1.15. The molecule has 264 valence electrons. The topological polar surface area (TPSA) is 15.8 Å². The summed E-state index contributed by atoms with van der Waals surface area (Å²) in [7, 11) is 0. The third-order valence-electron chi connectivity index (χ3n) is 12.1. The Labute approximate surface area is 330 Å². The van der Waals surface area contributed by atoms with Crippen molar-refractivity contribution in [1.29, 1.82) is 0 Å². The molecular weight excluding hydrogens is 687 g/mol. The van der Waals surface area contributed by atoms with Crippen LogP contribution in [0.25, 0.3) is 120 Å². The minimum Gasteiger partial charge on any atom is -0.354 e. The number of aromatic nitrogens is 1. The number of hydrogen-bond donors (Lipinski definition) is 1. The van der Waals surface area contributed by atoms with Crippen LogP contribution in [0.5, 0.6) is 0 Å². The molecule has 1 heteroatoms. The van der Waals surface area contributed by atoms with E-state index < -0.39 is 0 Å². The second-order valence-corrected chi connectivity index (χ2v) is 15.3. The normalized spacial score (nSPS) is 11.9. The lowest BCUT2D eigenvalue weighted by Gasteiger charge is -2.19. The zero-order valence-electron chi connectivity index (χ0n) is 31.1. The lowest BCUT2D eigenvalue weighted by molar-refractivity contribution is 1.55. The highest BCUT2D eigenvalue weighted by Gasteiger charge is 2.19. The quantitative estimate of drug-likeness (QED) is 0.138. The molecule has 0 bridgehead atoms. The van der Waals surface area contributed by atoms with E-state index in [-0.39, 0.29) is 0 Å². The predicted molar refractivity (Wildman–Crippen MR) is 245 cm³/mol. The van der Waals surface area contributed by atoms with Gasteiger partial charge in [-0.1, -0.05) is 188 Å². The first-order chi connectivity index (χ1) is 28.3. The Kier molecular flexibility index (Phi) is 7.00. The van der Waals surface area contributed by atoms with Gasteiger partial charge >= 0.3 is 0 Å². The van der Waals surface area contributed by atoms with E-state index in [0.29, 0.717) is 0 Å². The molecule has 57 heavy (non-hydrogen) atoms. The number of nitrogens with one attached hydrogen (secondary N) is 1. The monoisotopic (exact) mass is 721 g/mol.